The molecule has 112 valence electrons. The van der Waals surface area contributed by atoms with Crippen LogP contribution in [0, 0.1) is 6.92 Å². The van der Waals surface area contributed by atoms with Gasteiger partial charge in [0, 0.05) is 38.9 Å². The lowest BCUT2D eigenvalue weighted by Crippen LogP contribution is -2.38. The Kier molecular flexibility index (Phi) is 5.30. The van der Waals surface area contributed by atoms with Gasteiger partial charge in [-0.2, -0.15) is 0 Å². The molecule has 0 bridgehead atoms. The summed E-state index contributed by atoms with van der Waals surface area (Å²) in [6.45, 7) is 8.73. The Labute approximate surface area is 120 Å². The summed E-state index contributed by atoms with van der Waals surface area (Å²) in [5.41, 5.74) is 0.448. The lowest BCUT2D eigenvalue weighted by Gasteiger charge is -2.26. The molecule has 1 amide bonds. The van der Waals surface area contributed by atoms with Gasteiger partial charge in [0.1, 0.15) is 17.7 Å². The number of hydrogen-bond acceptors (Lipinski definition) is 5. The number of carbonyl (C=O) groups excluding carboxylic acids is 1. The van der Waals surface area contributed by atoms with E-state index in [4.69, 9.17) is 4.74 Å². The minimum Gasteiger partial charge on any atom is -0.444 e. The van der Waals surface area contributed by atoms with E-state index in [1.807, 2.05) is 45.7 Å². The van der Waals surface area contributed by atoms with E-state index in [-0.39, 0.29) is 6.09 Å². The van der Waals surface area contributed by atoms with Gasteiger partial charge in [0.05, 0.1) is 0 Å². The smallest absolute Gasteiger partial charge is 0.410 e. The summed E-state index contributed by atoms with van der Waals surface area (Å²) in [6.07, 6.45) is 1.23. The van der Waals surface area contributed by atoms with Crippen LogP contribution in [0.3, 0.4) is 0 Å². The third-order valence-corrected chi connectivity index (χ3v) is 2.66. The number of carbonyl (C=O) groups is 1. The van der Waals surface area contributed by atoms with Crippen molar-refractivity contribution in [3.05, 3.63) is 18.1 Å². The van der Waals surface area contributed by atoms with Crippen LogP contribution in [0.5, 0.6) is 0 Å². The molecule has 0 spiro atoms. The quantitative estimate of drug-likeness (QED) is 0.845. The van der Waals surface area contributed by atoms with E-state index in [1.54, 1.807) is 18.3 Å². The van der Waals surface area contributed by atoms with E-state index in [1.165, 1.54) is 0 Å². The highest BCUT2D eigenvalue weighted by Crippen LogP contribution is 2.10. The van der Waals surface area contributed by atoms with Crippen LogP contribution < -0.4 is 4.90 Å². The molecule has 0 N–H and O–H groups in total. The molecule has 0 aliphatic heterocycles. The van der Waals surface area contributed by atoms with Gasteiger partial charge in [-0.3, -0.25) is 0 Å². The Hall–Kier alpha value is -1.85. The molecular formula is C14H24N4O2. The highest BCUT2D eigenvalue weighted by molar-refractivity contribution is 5.67. The maximum atomic E-state index is 11.8. The minimum atomic E-state index is -0.471. The number of rotatable bonds is 4. The van der Waals surface area contributed by atoms with Crippen molar-refractivity contribution in [2.45, 2.75) is 33.3 Å². The Morgan fingerprint density at radius 3 is 2.45 bits per heavy atom. The molecule has 20 heavy (non-hydrogen) atoms. The molecule has 0 unspecified atom stereocenters. The third kappa shape index (κ3) is 5.42. The summed E-state index contributed by atoms with van der Waals surface area (Å²) in [7, 11) is 3.66. The zero-order chi connectivity index (χ0) is 15.3. The van der Waals surface area contributed by atoms with E-state index < -0.39 is 5.60 Å². The van der Waals surface area contributed by atoms with Crippen molar-refractivity contribution in [1.29, 1.82) is 0 Å². The summed E-state index contributed by atoms with van der Waals surface area (Å²) >= 11 is 0. The predicted octanol–water partition coefficient (Wildman–Crippen LogP) is 2.09. The molecule has 6 heteroatoms. The van der Waals surface area contributed by atoms with Gasteiger partial charge < -0.3 is 14.5 Å². The second-order valence-corrected chi connectivity index (χ2v) is 5.84. The molecule has 1 aromatic heterocycles. The van der Waals surface area contributed by atoms with Crippen LogP contribution in [0.15, 0.2) is 12.4 Å². The molecule has 0 atom stereocenters. The van der Waals surface area contributed by atoms with Crippen LogP contribution in [0.1, 0.15) is 26.5 Å². The number of aromatic nitrogens is 2. The van der Waals surface area contributed by atoms with Crippen LogP contribution >= 0.6 is 0 Å². The topological polar surface area (TPSA) is 58.6 Å². The Bertz CT molecular complexity index is 457. The normalized spacial score (nSPS) is 11.1. The maximum absolute atomic E-state index is 11.8. The monoisotopic (exact) mass is 280 g/mol. The van der Waals surface area contributed by atoms with Crippen molar-refractivity contribution in [2.24, 2.45) is 0 Å². The standard InChI is InChI=1S/C14H24N4O2/c1-11-9-12(16-10-15-11)17(5)7-8-18(6)13(19)20-14(2,3)4/h9-10H,7-8H2,1-6H3. The molecular weight excluding hydrogens is 256 g/mol. The van der Waals surface area contributed by atoms with Crippen molar-refractivity contribution < 1.29 is 9.53 Å². The van der Waals surface area contributed by atoms with Gasteiger partial charge in [-0.15, -0.1) is 0 Å². The summed E-state index contributed by atoms with van der Waals surface area (Å²) in [6, 6.07) is 1.91. The largest absolute Gasteiger partial charge is 0.444 e. The number of nitrogens with zero attached hydrogens (tertiary/aromatic N) is 4. The van der Waals surface area contributed by atoms with Gasteiger partial charge in [0.2, 0.25) is 0 Å². The molecule has 0 fully saturated rings. The predicted molar refractivity (Wildman–Crippen MR) is 78.9 cm³/mol. The highest BCUT2D eigenvalue weighted by Gasteiger charge is 2.19. The lowest BCUT2D eigenvalue weighted by atomic mass is 10.2. The van der Waals surface area contributed by atoms with Crippen LogP contribution in [0.2, 0.25) is 0 Å². The first kappa shape index (κ1) is 16.2. The van der Waals surface area contributed by atoms with E-state index >= 15 is 0 Å². The van der Waals surface area contributed by atoms with Gasteiger partial charge >= 0.3 is 6.09 Å². The average Bonchev–Trinajstić information content (AvgIpc) is 2.33. The zero-order valence-corrected chi connectivity index (χ0v) is 13.2. The van der Waals surface area contributed by atoms with Gasteiger partial charge in [-0.05, 0) is 27.7 Å². The highest BCUT2D eigenvalue weighted by atomic mass is 16.6. The Balaban J connectivity index is 2.48. The molecule has 1 aromatic rings. The second kappa shape index (κ2) is 6.54. The number of anilines is 1. The molecule has 1 rings (SSSR count). The summed E-state index contributed by atoms with van der Waals surface area (Å²) < 4.78 is 5.30. The summed E-state index contributed by atoms with van der Waals surface area (Å²) in [4.78, 5) is 23.6. The van der Waals surface area contributed by atoms with Crippen molar-refractivity contribution in [3.63, 3.8) is 0 Å². The van der Waals surface area contributed by atoms with E-state index in [0.717, 1.165) is 11.5 Å². The number of hydrogen-bond donors (Lipinski definition) is 0. The van der Waals surface area contributed by atoms with Crippen molar-refractivity contribution in [1.82, 2.24) is 14.9 Å². The molecule has 0 radical (unpaired) electrons. The molecule has 6 nitrogen and oxygen atoms in total. The Morgan fingerprint density at radius 2 is 1.90 bits per heavy atom. The van der Waals surface area contributed by atoms with Gasteiger partial charge in [-0.25, -0.2) is 14.8 Å². The SMILES string of the molecule is Cc1cc(N(C)CCN(C)C(=O)OC(C)(C)C)ncn1. The van der Waals surface area contributed by atoms with Crippen LogP contribution in [0.4, 0.5) is 10.6 Å². The van der Waals surface area contributed by atoms with Crippen LogP contribution in [0.25, 0.3) is 0 Å². The number of amides is 1. The fourth-order valence-corrected chi connectivity index (χ4v) is 1.49. The van der Waals surface area contributed by atoms with Gasteiger partial charge in [-0.1, -0.05) is 0 Å². The first-order chi connectivity index (χ1) is 9.19. The second-order valence-electron chi connectivity index (χ2n) is 5.84. The number of aryl methyl sites for hydroxylation is 1. The van der Waals surface area contributed by atoms with E-state index in [2.05, 4.69) is 9.97 Å². The molecule has 0 aliphatic rings. The van der Waals surface area contributed by atoms with Crippen molar-refractivity contribution >= 4 is 11.9 Å². The fourth-order valence-electron chi connectivity index (χ4n) is 1.49. The van der Waals surface area contributed by atoms with Crippen LogP contribution in [-0.2, 0) is 4.74 Å². The van der Waals surface area contributed by atoms with E-state index in [9.17, 15) is 4.79 Å². The summed E-state index contributed by atoms with van der Waals surface area (Å²) in [5, 5.41) is 0. The van der Waals surface area contributed by atoms with Crippen molar-refractivity contribution in [3.8, 4) is 0 Å². The molecule has 0 aromatic carbocycles. The lowest BCUT2D eigenvalue weighted by molar-refractivity contribution is 0.0303. The minimum absolute atomic E-state index is 0.315. The maximum Gasteiger partial charge on any atom is 0.410 e. The first-order valence-corrected chi connectivity index (χ1v) is 6.63. The van der Waals surface area contributed by atoms with Crippen LogP contribution in [-0.4, -0.2) is 53.7 Å². The molecule has 0 saturated heterocycles. The van der Waals surface area contributed by atoms with Gasteiger partial charge in [0.25, 0.3) is 0 Å². The Morgan fingerprint density at radius 1 is 1.25 bits per heavy atom. The average molecular weight is 280 g/mol. The fraction of sp³-hybridized carbons (Fsp3) is 0.643. The van der Waals surface area contributed by atoms with Gasteiger partial charge in [0.15, 0.2) is 0 Å². The molecule has 1 heterocycles. The van der Waals surface area contributed by atoms with Crippen molar-refractivity contribution in [2.75, 3.05) is 32.1 Å². The molecule has 0 aliphatic carbocycles. The van der Waals surface area contributed by atoms with E-state index in [0.29, 0.717) is 13.1 Å². The third-order valence-electron chi connectivity index (χ3n) is 2.66. The summed E-state index contributed by atoms with van der Waals surface area (Å²) in [5.74, 6) is 0.843. The molecule has 0 saturated carbocycles. The number of likely N-dealkylation sites (N-methyl/N-ethyl adjacent to an activating group) is 2. The zero-order valence-electron chi connectivity index (χ0n) is 13.2. The number of ether oxygens (including phenoxy) is 1. The first-order valence-electron chi connectivity index (χ1n) is 6.63.